The van der Waals surface area contributed by atoms with Gasteiger partial charge in [-0.2, -0.15) is 0 Å². The lowest BCUT2D eigenvalue weighted by Gasteiger charge is -2.35. The molecule has 1 saturated heterocycles. The highest BCUT2D eigenvalue weighted by molar-refractivity contribution is 5.94. The topological polar surface area (TPSA) is 49.4 Å². The van der Waals surface area contributed by atoms with Crippen molar-refractivity contribution >= 4 is 11.8 Å². The molecule has 3 rings (SSSR count). The van der Waals surface area contributed by atoms with E-state index in [0.717, 1.165) is 55.5 Å². The summed E-state index contributed by atoms with van der Waals surface area (Å²) in [5.74, 6) is 0.595. The van der Waals surface area contributed by atoms with Gasteiger partial charge in [-0.15, -0.1) is 0 Å². The van der Waals surface area contributed by atoms with Crippen LogP contribution in [0.15, 0.2) is 18.2 Å². The van der Waals surface area contributed by atoms with Crippen LogP contribution in [0.4, 0.5) is 0 Å². The van der Waals surface area contributed by atoms with E-state index in [-0.39, 0.29) is 17.9 Å². The molecule has 0 bridgehead atoms. The third-order valence-electron chi connectivity index (χ3n) is 5.58. The molecule has 1 aliphatic heterocycles. The van der Waals surface area contributed by atoms with Crippen LogP contribution in [0.3, 0.4) is 0 Å². The van der Waals surface area contributed by atoms with E-state index in [1.165, 1.54) is 19.3 Å². The quantitative estimate of drug-likeness (QED) is 0.912. The van der Waals surface area contributed by atoms with Gasteiger partial charge in [-0.3, -0.25) is 9.59 Å². The number of rotatable bonds is 3. The summed E-state index contributed by atoms with van der Waals surface area (Å²) in [4.78, 5) is 27.1. The number of hydrogen-bond donors (Lipinski definition) is 1. The largest absolute Gasteiger partial charge is 0.349 e. The van der Waals surface area contributed by atoms with E-state index in [0.29, 0.717) is 5.91 Å². The Morgan fingerprint density at radius 1 is 0.920 bits per heavy atom. The molecule has 2 amide bonds. The molecule has 2 aliphatic rings. The maximum Gasteiger partial charge on any atom is 0.251 e. The normalized spacial score (nSPS) is 19.7. The highest BCUT2D eigenvalue weighted by atomic mass is 16.2. The Morgan fingerprint density at radius 3 is 2.12 bits per heavy atom. The number of likely N-dealkylation sites (tertiary alicyclic amines) is 1. The van der Waals surface area contributed by atoms with Gasteiger partial charge in [0.15, 0.2) is 0 Å². The van der Waals surface area contributed by atoms with Crippen molar-refractivity contribution in [2.24, 2.45) is 5.92 Å². The average molecular weight is 342 g/mol. The van der Waals surface area contributed by atoms with Gasteiger partial charge in [0.1, 0.15) is 0 Å². The first kappa shape index (κ1) is 18.0. The predicted octanol–water partition coefficient (Wildman–Crippen LogP) is 3.60. The Balaban J connectivity index is 1.50. The van der Waals surface area contributed by atoms with Gasteiger partial charge in [0.05, 0.1) is 0 Å². The number of aryl methyl sites for hydroxylation is 2. The van der Waals surface area contributed by atoms with E-state index in [9.17, 15) is 9.59 Å². The fourth-order valence-corrected chi connectivity index (χ4v) is 4.23. The molecule has 4 heteroatoms. The molecule has 2 fully saturated rings. The Kier molecular flexibility index (Phi) is 5.77. The molecule has 1 aromatic carbocycles. The van der Waals surface area contributed by atoms with Crippen LogP contribution >= 0.6 is 0 Å². The van der Waals surface area contributed by atoms with E-state index < -0.39 is 0 Å². The Morgan fingerprint density at radius 2 is 1.52 bits per heavy atom. The summed E-state index contributed by atoms with van der Waals surface area (Å²) in [5.41, 5.74) is 2.95. The third kappa shape index (κ3) is 4.62. The molecule has 1 heterocycles. The molecule has 1 aliphatic carbocycles. The SMILES string of the molecule is Cc1cc(C)cc(C(=O)NC2CCN(C(=O)C3CCCCC3)CC2)c1. The number of amides is 2. The summed E-state index contributed by atoms with van der Waals surface area (Å²) in [6.45, 7) is 5.57. The van der Waals surface area contributed by atoms with Crippen molar-refractivity contribution in [3.05, 3.63) is 34.9 Å². The molecule has 1 aromatic rings. The van der Waals surface area contributed by atoms with Crippen LogP contribution in [0.25, 0.3) is 0 Å². The van der Waals surface area contributed by atoms with Crippen molar-refractivity contribution in [3.63, 3.8) is 0 Å². The van der Waals surface area contributed by atoms with Crippen molar-refractivity contribution in [1.82, 2.24) is 10.2 Å². The second-order valence-electron chi connectivity index (χ2n) is 7.78. The lowest BCUT2D eigenvalue weighted by atomic mass is 9.87. The van der Waals surface area contributed by atoms with Gasteiger partial charge < -0.3 is 10.2 Å². The first-order valence-electron chi connectivity index (χ1n) is 9.71. The lowest BCUT2D eigenvalue weighted by Crippen LogP contribution is -2.48. The second kappa shape index (κ2) is 8.03. The number of piperidine rings is 1. The molecule has 25 heavy (non-hydrogen) atoms. The zero-order chi connectivity index (χ0) is 17.8. The Bertz CT molecular complexity index is 607. The fraction of sp³-hybridized carbons (Fsp3) is 0.619. The number of hydrogen-bond acceptors (Lipinski definition) is 2. The third-order valence-corrected chi connectivity index (χ3v) is 5.58. The van der Waals surface area contributed by atoms with Gasteiger partial charge in [0.25, 0.3) is 5.91 Å². The molecule has 0 spiro atoms. The van der Waals surface area contributed by atoms with Gasteiger partial charge in [-0.1, -0.05) is 36.5 Å². The van der Waals surface area contributed by atoms with E-state index in [2.05, 4.69) is 11.4 Å². The number of carbonyl (C=O) groups excluding carboxylic acids is 2. The summed E-state index contributed by atoms with van der Waals surface area (Å²) in [7, 11) is 0. The minimum Gasteiger partial charge on any atom is -0.349 e. The smallest absolute Gasteiger partial charge is 0.251 e. The van der Waals surface area contributed by atoms with Crippen molar-refractivity contribution < 1.29 is 9.59 Å². The van der Waals surface area contributed by atoms with Gasteiger partial charge in [0.2, 0.25) is 5.91 Å². The van der Waals surface area contributed by atoms with E-state index >= 15 is 0 Å². The summed E-state index contributed by atoms with van der Waals surface area (Å²) in [5, 5.41) is 3.15. The average Bonchev–Trinajstić information content (AvgIpc) is 2.61. The summed E-state index contributed by atoms with van der Waals surface area (Å²) in [6.07, 6.45) is 7.49. The van der Waals surface area contributed by atoms with Crippen LogP contribution < -0.4 is 5.32 Å². The zero-order valence-corrected chi connectivity index (χ0v) is 15.5. The van der Waals surface area contributed by atoms with Crippen LogP contribution in [0, 0.1) is 19.8 Å². The molecule has 1 saturated carbocycles. The molecule has 1 N–H and O–H groups in total. The Hall–Kier alpha value is -1.84. The molecular formula is C21H30N2O2. The van der Waals surface area contributed by atoms with Crippen molar-refractivity contribution in [2.45, 2.75) is 64.8 Å². The maximum atomic E-state index is 12.6. The van der Waals surface area contributed by atoms with Crippen molar-refractivity contribution in [1.29, 1.82) is 0 Å². The molecular weight excluding hydrogens is 312 g/mol. The van der Waals surface area contributed by atoms with Crippen LogP contribution in [-0.2, 0) is 4.79 Å². The van der Waals surface area contributed by atoms with Crippen molar-refractivity contribution in [2.75, 3.05) is 13.1 Å². The number of nitrogens with zero attached hydrogens (tertiary/aromatic N) is 1. The maximum absolute atomic E-state index is 12.6. The van der Waals surface area contributed by atoms with Crippen LogP contribution in [0.5, 0.6) is 0 Å². The molecule has 0 radical (unpaired) electrons. The first-order valence-corrected chi connectivity index (χ1v) is 9.71. The standard InChI is InChI=1S/C21H30N2O2/c1-15-12-16(2)14-18(13-15)20(24)22-19-8-10-23(11-9-19)21(25)17-6-4-3-5-7-17/h12-14,17,19H,3-11H2,1-2H3,(H,22,24). The molecule has 0 aromatic heterocycles. The van der Waals surface area contributed by atoms with Crippen molar-refractivity contribution in [3.8, 4) is 0 Å². The molecule has 0 unspecified atom stereocenters. The fourth-order valence-electron chi connectivity index (χ4n) is 4.23. The monoisotopic (exact) mass is 342 g/mol. The number of benzene rings is 1. The molecule has 0 atom stereocenters. The summed E-state index contributed by atoms with van der Waals surface area (Å²) in [6, 6.07) is 6.11. The zero-order valence-electron chi connectivity index (χ0n) is 15.5. The highest BCUT2D eigenvalue weighted by Gasteiger charge is 2.29. The predicted molar refractivity (Wildman–Crippen MR) is 99.6 cm³/mol. The minimum atomic E-state index is 0.00357. The van der Waals surface area contributed by atoms with Crippen LogP contribution in [0.1, 0.15) is 66.4 Å². The van der Waals surface area contributed by atoms with Crippen LogP contribution in [0.2, 0.25) is 0 Å². The van der Waals surface area contributed by atoms with Gasteiger partial charge >= 0.3 is 0 Å². The second-order valence-corrected chi connectivity index (χ2v) is 7.78. The van der Waals surface area contributed by atoms with E-state index in [1.807, 2.05) is 30.9 Å². The first-order chi connectivity index (χ1) is 12.0. The number of carbonyl (C=O) groups is 2. The summed E-state index contributed by atoms with van der Waals surface area (Å²) >= 11 is 0. The van der Waals surface area contributed by atoms with E-state index in [4.69, 9.17) is 0 Å². The molecule has 136 valence electrons. The van der Waals surface area contributed by atoms with Gasteiger partial charge in [0, 0.05) is 30.6 Å². The number of nitrogens with one attached hydrogen (secondary N) is 1. The minimum absolute atomic E-state index is 0.00357. The summed E-state index contributed by atoms with van der Waals surface area (Å²) < 4.78 is 0. The van der Waals surface area contributed by atoms with Gasteiger partial charge in [-0.05, 0) is 51.7 Å². The lowest BCUT2D eigenvalue weighted by molar-refractivity contribution is -0.137. The van der Waals surface area contributed by atoms with Crippen LogP contribution in [-0.4, -0.2) is 35.8 Å². The van der Waals surface area contributed by atoms with E-state index in [1.54, 1.807) is 0 Å². The molecule has 4 nitrogen and oxygen atoms in total. The van der Waals surface area contributed by atoms with Gasteiger partial charge in [-0.25, -0.2) is 0 Å². The highest BCUT2D eigenvalue weighted by Crippen LogP contribution is 2.26. The Labute approximate surface area is 151 Å².